The van der Waals surface area contributed by atoms with Crippen molar-refractivity contribution in [3.05, 3.63) is 59.4 Å². The summed E-state index contributed by atoms with van der Waals surface area (Å²) in [6.07, 6.45) is 3.46. The van der Waals surface area contributed by atoms with Gasteiger partial charge in [0.05, 0.1) is 0 Å². The Kier molecular flexibility index (Phi) is 3.10. The first-order valence-corrected chi connectivity index (χ1v) is 5.10. The molecule has 0 aliphatic rings. The molecular formula is C14H11FO2. The predicted octanol–water partition coefficient (Wildman–Crippen LogP) is 3.41. The van der Waals surface area contributed by atoms with E-state index in [9.17, 15) is 9.50 Å². The molecule has 0 spiro atoms. The lowest BCUT2D eigenvalue weighted by Gasteiger charge is -1.97. The average molecular weight is 230 g/mol. The fraction of sp³-hybridized carbons (Fsp3) is 0. The maximum atomic E-state index is 13.0. The van der Waals surface area contributed by atoms with Gasteiger partial charge in [0.2, 0.25) is 0 Å². The van der Waals surface area contributed by atoms with Gasteiger partial charge in [0, 0.05) is 6.07 Å². The van der Waals surface area contributed by atoms with E-state index in [4.69, 9.17) is 5.11 Å². The van der Waals surface area contributed by atoms with Gasteiger partial charge >= 0.3 is 0 Å². The Labute approximate surface area is 98.3 Å². The van der Waals surface area contributed by atoms with Gasteiger partial charge in [-0.2, -0.15) is 0 Å². The Bertz CT molecular complexity index is 524. The van der Waals surface area contributed by atoms with Crippen molar-refractivity contribution in [3.8, 4) is 11.5 Å². The molecule has 0 saturated heterocycles. The molecule has 2 N–H and O–H groups in total. The zero-order valence-electron chi connectivity index (χ0n) is 8.97. The van der Waals surface area contributed by atoms with Gasteiger partial charge in [-0.15, -0.1) is 0 Å². The van der Waals surface area contributed by atoms with Crippen LogP contribution in [-0.2, 0) is 0 Å². The van der Waals surface area contributed by atoms with Gasteiger partial charge < -0.3 is 10.2 Å². The highest BCUT2D eigenvalue weighted by molar-refractivity contribution is 5.70. The minimum Gasteiger partial charge on any atom is -0.508 e. The molecule has 0 radical (unpaired) electrons. The van der Waals surface area contributed by atoms with E-state index in [1.165, 1.54) is 12.1 Å². The molecule has 0 saturated carbocycles. The van der Waals surface area contributed by atoms with Crippen molar-refractivity contribution < 1.29 is 14.6 Å². The van der Waals surface area contributed by atoms with Crippen molar-refractivity contribution in [2.45, 2.75) is 0 Å². The fourth-order valence-corrected chi connectivity index (χ4v) is 1.47. The summed E-state index contributed by atoms with van der Waals surface area (Å²) in [5.41, 5.74) is 1.46. The summed E-state index contributed by atoms with van der Waals surface area (Å²) in [4.78, 5) is 0. The first-order chi connectivity index (χ1) is 8.13. The number of hydrogen-bond acceptors (Lipinski definition) is 2. The number of aromatic hydroxyl groups is 2. The number of phenols is 2. The lowest BCUT2D eigenvalue weighted by atomic mass is 10.1. The van der Waals surface area contributed by atoms with Crippen LogP contribution in [0.5, 0.6) is 11.5 Å². The Balaban J connectivity index is 2.22. The molecule has 17 heavy (non-hydrogen) atoms. The molecule has 0 aliphatic heterocycles. The number of hydrogen-bond donors (Lipinski definition) is 2. The van der Waals surface area contributed by atoms with E-state index < -0.39 is 5.82 Å². The summed E-state index contributed by atoms with van der Waals surface area (Å²) < 4.78 is 13.0. The molecule has 3 heteroatoms. The van der Waals surface area contributed by atoms with Crippen molar-refractivity contribution in [2.24, 2.45) is 0 Å². The van der Waals surface area contributed by atoms with Crippen molar-refractivity contribution in [2.75, 3.05) is 0 Å². The Morgan fingerprint density at radius 3 is 2.06 bits per heavy atom. The minimum atomic E-state index is -0.477. The standard InChI is InChI=1S/C14H11FO2/c15-12-7-11(8-14(17)9-12)2-1-10-3-5-13(16)6-4-10/h1-9,16-17H. The molecule has 86 valence electrons. The molecular weight excluding hydrogens is 219 g/mol. The van der Waals surface area contributed by atoms with Crippen molar-refractivity contribution in [1.82, 2.24) is 0 Å². The van der Waals surface area contributed by atoms with E-state index >= 15 is 0 Å². The van der Waals surface area contributed by atoms with Crippen LogP contribution in [0.4, 0.5) is 4.39 Å². The summed E-state index contributed by atoms with van der Waals surface area (Å²) in [5, 5.41) is 18.3. The lowest BCUT2D eigenvalue weighted by Crippen LogP contribution is -1.77. The van der Waals surface area contributed by atoms with Crippen LogP contribution >= 0.6 is 0 Å². The largest absolute Gasteiger partial charge is 0.508 e. The summed E-state index contributed by atoms with van der Waals surface area (Å²) in [6, 6.07) is 10.5. The zero-order chi connectivity index (χ0) is 12.3. The second kappa shape index (κ2) is 4.70. The molecule has 2 aromatic carbocycles. The van der Waals surface area contributed by atoms with Gasteiger partial charge in [-0.3, -0.25) is 0 Å². The molecule has 2 aromatic rings. The number of halogens is 1. The third-order valence-corrected chi connectivity index (χ3v) is 2.27. The third kappa shape index (κ3) is 3.08. The van der Waals surface area contributed by atoms with Gasteiger partial charge in [0.25, 0.3) is 0 Å². The highest BCUT2D eigenvalue weighted by atomic mass is 19.1. The van der Waals surface area contributed by atoms with Gasteiger partial charge in [-0.1, -0.05) is 24.3 Å². The Morgan fingerprint density at radius 2 is 1.41 bits per heavy atom. The zero-order valence-corrected chi connectivity index (χ0v) is 8.97. The topological polar surface area (TPSA) is 40.5 Å². The molecule has 0 aromatic heterocycles. The quantitative estimate of drug-likeness (QED) is 0.776. The van der Waals surface area contributed by atoms with E-state index in [1.807, 2.05) is 0 Å². The summed E-state index contributed by atoms with van der Waals surface area (Å²) >= 11 is 0. The summed E-state index contributed by atoms with van der Waals surface area (Å²) in [6.45, 7) is 0. The van der Waals surface area contributed by atoms with E-state index in [1.54, 1.807) is 36.4 Å². The second-order valence-electron chi connectivity index (χ2n) is 3.67. The van der Waals surface area contributed by atoms with Gasteiger partial charge in [-0.05, 0) is 35.4 Å². The summed E-state index contributed by atoms with van der Waals surface area (Å²) in [5.74, 6) is -0.378. The van der Waals surface area contributed by atoms with E-state index in [2.05, 4.69) is 0 Å². The van der Waals surface area contributed by atoms with Gasteiger partial charge in [0.1, 0.15) is 17.3 Å². The third-order valence-electron chi connectivity index (χ3n) is 2.27. The SMILES string of the molecule is Oc1ccc(C=Cc2cc(O)cc(F)c2)cc1. The monoisotopic (exact) mass is 230 g/mol. The van der Waals surface area contributed by atoms with Gasteiger partial charge in [0.15, 0.2) is 0 Å². The smallest absolute Gasteiger partial charge is 0.127 e. The van der Waals surface area contributed by atoms with E-state index in [0.29, 0.717) is 5.56 Å². The van der Waals surface area contributed by atoms with Crippen LogP contribution in [0.25, 0.3) is 12.2 Å². The first kappa shape index (κ1) is 11.2. The number of phenolic OH excluding ortho intramolecular Hbond substituents is 2. The molecule has 0 bridgehead atoms. The predicted molar refractivity (Wildman–Crippen MR) is 65.1 cm³/mol. The molecule has 2 rings (SSSR count). The lowest BCUT2D eigenvalue weighted by molar-refractivity contribution is 0.469. The Morgan fingerprint density at radius 1 is 0.765 bits per heavy atom. The normalized spacial score (nSPS) is 10.9. The summed E-state index contributed by atoms with van der Waals surface area (Å²) in [7, 11) is 0. The minimum absolute atomic E-state index is 0.102. The fourth-order valence-electron chi connectivity index (χ4n) is 1.47. The van der Waals surface area contributed by atoms with Gasteiger partial charge in [-0.25, -0.2) is 4.39 Å². The van der Waals surface area contributed by atoms with Crippen molar-refractivity contribution in [3.63, 3.8) is 0 Å². The van der Waals surface area contributed by atoms with E-state index in [-0.39, 0.29) is 11.5 Å². The second-order valence-corrected chi connectivity index (χ2v) is 3.67. The van der Waals surface area contributed by atoms with Crippen LogP contribution in [0, 0.1) is 5.82 Å². The van der Waals surface area contributed by atoms with E-state index in [0.717, 1.165) is 11.6 Å². The molecule has 0 fully saturated rings. The van der Waals surface area contributed by atoms with Crippen LogP contribution < -0.4 is 0 Å². The highest BCUT2D eigenvalue weighted by Gasteiger charge is 1.96. The van der Waals surface area contributed by atoms with Crippen molar-refractivity contribution >= 4 is 12.2 Å². The van der Waals surface area contributed by atoms with Crippen LogP contribution in [0.3, 0.4) is 0 Å². The molecule has 2 nitrogen and oxygen atoms in total. The highest BCUT2D eigenvalue weighted by Crippen LogP contribution is 2.17. The molecule has 0 unspecified atom stereocenters. The maximum Gasteiger partial charge on any atom is 0.127 e. The van der Waals surface area contributed by atoms with Crippen LogP contribution in [0.2, 0.25) is 0 Å². The maximum absolute atomic E-state index is 13.0. The molecule has 0 aliphatic carbocycles. The van der Waals surface area contributed by atoms with Crippen molar-refractivity contribution in [1.29, 1.82) is 0 Å². The molecule has 0 amide bonds. The van der Waals surface area contributed by atoms with Crippen LogP contribution in [-0.4, -0.2) is 10.2 Å². The number of rotatable bonds is 2. The molecule has 0 heterocycles. The van der Waals surface area contributed by atoms with Crippen LogP contribution in [0.15, 0.2) is 42.5 Å². The Hall–Kier alpha value is -2.29. The first-order valence-electron chi connectivity index (χ1n) is 5.10. The molecule has 0 atom stereocenters. The van der Waals surface area contributed by atoms with Crippen LogP contribution in [0.1, 0.15) is 11.1 Å². The average Bonchev–Trinajstić information content (AvgIpc) is 2.27. The number of benzene rings is 2.